The second kappa shape index (κ2) is 11.2. The van der Waals surface area contributed by atoms with Gasteiger partial charge in [-0.1, -0.05) is 48.0 Å². The van der Waals surface area contributed by atoms with Crippen molar-refractivity contribution >= 4 is 41.5 Å². The van der Waals surface area contributed by atoms with Crippen LogP contribution in [0.4, 0.5) is 5.69 Å². The molecule has 7 heteroatoms. The molecule has 0 aliphatic carbocycles. The SMILES string of the molecule is CCNC(=NCC(O)c1ccc(C)cc1)NCC1CC(=O)Nc2ccccc21.I. The van der Waals surface area contributed by atoms with Gasteiger partial charge in [-0.2, -0.15) is 0 Å². The molecule has 0 radical (unpaired) electrons. The summed E-state index contributed by atoms with van der Waals surface area (Å²) in [7, 11) is 0. The van der Waals surface area contributed by atoms with Crippen LogP contribution in [0, 0.1) is 6.92 Å². The predicted octanol–water partition coefficient (Wildman–Crippen LogP) is 3.33. The molecule has 0 aromatic heterocycles. The van der Waals surface area contributed by atoms with Gasteiger partial charge in [0.15, 0.2) is 5.96 Å². The predicted molar refractivity (Wildman–Crippen MR) is 128 cm³/mol. The molecule has 0 saturated carbocycles. The number of aliphatic hydroxyl groups is 1. The van der Waals surface area contributed by atoms with E-state index in [4.69, 9.17) is 0 Å². The lowest BCUT2D eigenvalue weighted by Crippen LogP contribution is -2.41. The van der Waals surface area contributed by atoms with E-state index in [0.717, 1.165) is 22.4 Å². The number of para-hydroxylation sites is 1. The first-order valence-corrected chi connectivity index (χ1v) is 9.72. The van der Waals surface area contributed by atoms with Crippen LogP contribution in [0.1, 0.15) is 42.1 Å². The van der Waals surface area contributed by atoms with Crippen LogP contribution in [0.25, 0.3) is 0 Å². The maximum absolute atomic E-state index is 12.0. The quantitative estimate of drug-likeness (QED) is 0.274. The van der Waals surface area contributed by atoms with Crippen LogP contribution in [-0.2, 0) is 4.79 Å². The number of amides is 1. The summed E-state index contributed by atoms with van der Waals surface area (Å²) in [5.41, 5.74) is 4.02. The molecule has 156 valence electrons. The maximum Gasteiger partial charge on any atom is 0.225 e. The van der Waals surface area contributed by atoms with Gasteiger partial charge in [0.25, 0.3) is 0 Å². The fourth-order valence-electron chi connectivity index (χ4n) is 3.32. The van der Waals surface area contributed by atoms with Gasteiger partial charge in [-0.15, -0.1) is 24.0 Å². The van der Waals surface area contributed by atoms with Gasteiger partial charge in [-0.05, 0) is 31.0 Å². The Hall–Kier alpha value is -2.13. The number of guanidine groups is 1. The van der Waals surface area contributed by atoms with E-state index >= 15 is 0 Å². The number of benzene rings is 2. The van der Waals surface area contributed by atoms with Gasteiger partial charge in [0.2, 0.25) is 5.91 Å². The van der Waals surface area contributed by atoms with Crippen LogP contribution in [-0.4, -0.2) is 36.6 Å². The number of nitrogens with one attached hydrogen (secondary N) is 3. The summed E-state index contributed by atoms with van der Waals surface area (Å²) in [6.45, 7) is 5.59. The van der Waals surface area contributed by atoms with Crippen molar-refractivity contribution in [1.29, 1.82) is 0 Å². The summed E-state index contributed by atoms with van der Waals surface area (Å²) in [6.07, 6.45) is -0.215. The summed E-state index contributed by atoms with van der Waals surface area (Å²) in [5.74, 6) is 0.746. The van der Waals surface area contributed by atoms with E-state index in [-0.39, 0.29) is 42.3 Å². The molecule has 3 rings (SSSR count). The molecule has 1 aliphatic heterocycles. The van der Waals surface area contributed by atoms with Gasteiger partial charge in [-0.25, -0.2) is 0 Å². The number of halogens is 1. The van der Waals surface area contributed by atoms with E-state index in [2.05, 4.69) is 20.9 Å². The molecule has 2 aromatic rings. The Morgan fingerprint density at radius 1 is 1.21 bits per heavy atom. The molecule has 2 aromatic carbocycles. The third-order valence-electron chi connectivity index (χ3n) is 4.85. The van der Waals surface area contributed by atoms with E-state index in [1.807, 2.05) is 62.4 Å². The molecule has 4 N–H and O–H groups in total. The first-order valence-electron chi connectivity index (χ1n) is 9.72. The highest BCUT2D eigenvalue weighted by atomic mass is 127. The van der Waals surface area contributed by atoms with Crippen LogP contribution in [0.3, 0.4) is 0 Å². The smallest absolute Gasteiger partial charge is 0.225 e. The molecule has 1 aliphatic rings. The number of aliphatic imine (C=N–C) groups is 1. The average molecular weight is 508 g/mol. The number of rotatable bonds is 6. The second-order valence-corrected chi connectivity index (χ2v) is 7.06. The fourth-order valence-corrected chi connectivity index (χ4v) is 3.32. The molecule has 29 heavy (non-hydrogen) atoms. The van der Waals surface area contributed by atoms with Crippen molar-refractivity contribution < 1.29 is 9.90 Å². The molecule has 0 fully saturated rings. The number of anilines is 1. The first kappa shape index (κ1) is 23.2. The van der Waals surface area contributed by atoms with Crippen molar-refractivity contribution in [3.63, 3.8) is 0 Å². The van der Waals surface area contributed by atoms with Gasteiger partial charge in [0.1, 0.15) is 0 Å². The van der Waals surface area contributed by atoms with Crippen molar-refractivity contribution in [2.45, 2.75) is 32.3 Å². The molecule has 6 nitrogen and oxygen atoms in total. The number of hydrogen-bond acceptors (Lipinski definition) is 3. The third-order valence-corrected chi connectivity index (χ3v) is 4.85. The summed E-state index contributed by atoms with van der Waals surface area (Å²) in [6, 6.07) is 15.7. The van der Waals surface area contributed by atoms with Crippen molar-refractivity contribution in [3.8, 4) is 0 Å². The molecular formula is C22H29IN4O2. The Balaban J connectivity index is 0.00000300. The zero-order valence-electron chi connectivity index (χ0n) is 16.8. The van der Waals surface area contributed by atoms with Crippen LogP contribution < -0.4 is 16.0 Å². The molecule has 1 heterocycles. The van der Waals surface area contributed by atoms with Crippen molar-refractivity contribution in [2.24, 2.45) is 4.99 Å². The van der Waals surface area contributed by atoms with Gasteiger partial charge >= 0.3 is 0 Å². The molecule has 2 unspecified atom stereocenters. The van der Waals surface area contributed by atoms with Crippen LogP contribution in [0.2, 0.25) is 0 Å². The zero-order valence-corrected chi connectivity index (χ0v) is 19.1. The lowest BCUT2D eigenvalue weighted by atomic mass is 9.90. The van der Waals surface area contributed by atoms with E-state index in [9.17, 15) is 9.90 Å². The summed E-state index contributed by atoms with van der Waals surface area (Å²) in [4.78, 5) is 16.5. The van der Waals surface area contributed by atoms with Crippen LogP contribution in [0.15, 0.2) is 53.5 Å². The minimum absolute atomic E-state index is 0. The maximum atomic E-state index is 12.0. The highest BCUT2D eigenvalue weighted by Gasteiger charge is 2.24. The van der Waals surface area contributed by atoms with E-state index < -0.39 is 6.10 Å². The lowest BCUT2D eigenvalue weighted by molar-refractivity contribution is -0.116. The average Bonchev–Trinajstić information content (AvgIpc) is 2.70. The number of hydrogen-bond donors (Lipinski definition) is 4. The van der Waals surface area contributed by atoms with Crippen molar-refractivity contribution in [1.82, 2.24) is 10.6 Å². The molecule has 1 amide bonds. The Bertz CT molecular complexity index is 839. The number of carbonyl (C=O) groups is 1. The molecule has 0 bridgehead atoms. The number of carbonyl (C=O) groups excluding carboxylic acids is 1. The number of aryl methyl sites for hydroxylation is 1. The first-order chi connectivity index (χ1) is 13.6. The molecule has 0 spiro atoms. The van der Waals surface area contributed by atoms with Crippen LogP contribution in [0.5, 0.6) is 0 Å². The number of fused-ring (bicyclic) bond motifs is 1. The van der Waals surface area contributed by atoms with E-state index in [1.165, 1.54) is 0 Å². The number of nitrogens with zero attached hydrogens (tertiary/aromatic N) is 1. The molecular weight excluding hydrogens is 479 g/mol. The summed E-state index contributed by atoms with van der Waals surface area (Å²) >= 11 is 0. The van der Waals surface area contributed by atoms with Gasteiger partial charge < -0.3 is 21.1 Å². The van der Waals surface area contributed by atoms with Crippen LogP contribution >= 0.6 is 24.0 Å². The topological polar surface area (TPSA) is 85.8 Å². The summed E-state index contributed by atoms with van der Waals surface area (Å²) in [5, 5.41) is 19.8. The molecule has 2 atom stereocenters. The third kappa shape index (κ3) is 6.43. The second-order valence-electron chi connectivity index (χ2n) is 7.06. The van der Waals surface area contributed by atoms with Gasteiger partial charge in [0.05, 0.1) is 12.6 Å². The van der Waals surface area contributed by atoms with Gasteiger partial charge in [-0.3, -0.25) is 9.79 Å². The molecule has 0 saturated heterocycles. The normalized spacial score (nSPS) is 16.9. The summed E-state index contributed by atoms with van der Waals surface area (Å²) < 4.78 is 0. The van der Waals surface area contributed by atoms with Crippen molar-refractivity contribution in [3.05, 3.63) is 65.2 Å². The van der Waals surface area contributed by atoms with Gasteiger partial charge in [0, 0.05) is 31.1 Å². The Morgan fingerprint density at radius 3 is 2.66 bits per heavy atom. The van der Waals surface area contributed by atoms with E-state index in [1.54, 1.807) is 0 Å². The Kier molecular flexibility index (Phi) is 8.91. The highest BCUT2D eigenvalue weighted by Crippen LogP contribution is 2.31. The minimum Gasteiger partial charge on any atom is -0.386 e. The van der Waals surface area contributed by atoms with E-state index in [0.29, 0.717) is 25.5 Å². The largest absolute Gasteiger partial charge is 0.386 e. The minimum atomic E-state index is -0.655. The number of aliphatic hydroxyl groups excluding tert-OH is 1. The van der Waals surface area contributed by atoms with Crippen molar-refractivity contribution in [2.75, 3.05) is 25.0 Å². The monoisotopic (exact) mass is 508 g/mol. The standard InChI is InChI=1S/C22H28N4O2.HI/c1-3-23-22(25-14-20(27)16-10-8-15(2)9-11-16)24-13-17-12-21(28)26-19-7-5-4-6-18(17)19;/h4-11,17,20,27H,3,12-14H2,1-2H3,(H,26,28)(H2,23,24,25);1H. The Morgan fingerprint density at radius 2 is 1.93 bits per heavy atom. The lowest BCUT2D eigenvalue weighted by Gasteiger charge is -2.26. The fraction of sp³-hybridized carbons (Fsp3) is 0.364. The highest BCUT2D eigenvalue weighted by molar-refractivity contribution is 14.0. The Labute approximate surface area is 189 Å². The zero-order chi connectivity index (χ0) is 19.9.